The molecule has 3 nitrogen and oxygen atoms in total. The van der Waals surface area contributed by atoms with Crippen LogP contribution in [-0.4, -0.2) is 16.0 Å². The summed E-state index contributed by atoms with van der Waals surface area (Å²) in [5.74, 6) is 0.266. The van der Waals surface area contributed by atoms with Crippen molar-refractivity contribution in [1.82, 2.24) is 10.2 Å². The summed E-state index contributed by atoms with van der Waals surface area (Å²) in [5, 5.41) is 6.89. The molecule has 0 aliphatic carbocycles. The van der Waals surface area contributed by atoms with E-state index in [2.05, 4.69) is 10.2 Å². The lowest BCUT2D eigenvalue weighted by molar-refractivity contribution is -0.118. The van der Waals surface area contributed by atoms with E-state index < -0.39 is 0 Å². The normalized spacial score (nSPS) is 10.2. The number of hydrogen-bond acceptors (Lipinski definition) is 2. The van der Waals surface area contributed by atoms with Crippen LogP contribution in [0.3, 0.4) is 0 Å². The summed E-state index contributed by atoms with van der Waals surface area (Å²) in [6.07, 6.45) is 1.12. The molecule has 12 heavy (non-hydrogen) atoms. The SMILES string of the molecule is CCC(=O)Cc1c(C)n[nH]c1C. The van der Waals surface area contributed by atoms with Gasteiger partial charge in [0.25, 0.3) is 0 Å². The second-order valence-electron chi connectivity index (χ2n) is 2.98. The summed E-state index contributed by atoms with van der Waals surface area (Å²) in [5.41, 5.74) is 3.01. The fraction of sp³-hybridized carbons (Fsp3) is 0.556. The highest BCUT2D eigenvalue weighted by molar-refractivity contribution is 5.80. The predicted molar refractivity (Wildman–Crippen MR) is 47.1 cm³/mol. The Labute approximate surface area is 72.2 Å². The molecule has 1 N–H and O–H groups in total. The summed E-state index contributed by atoms with van der Waals surface area (Å²) in [7, 11) is 0. The van der Waals surface area contributed by atoms with Crippen molar-refractivity contribution in [2.75, 3.05) is 0 Å². The Bertz CT molecular complexity index is 269. The van der Waals surface area contributed by atoms with Crippen LogP contribution in [0.2, 0.25) is 0 Å². The number of ketones is 1. The highest BCUT2D eigenvalue weighted by atomic mass is 16.1. The Hall–Kier alpha value is -1.12. The molecule has 0 saturated carbocycles. The largest absolute Gasteiger partial charge is 0.299 e. The number of aromatic amines is 1. The van der Waals surface area contributed by atoms with Gasteiger partial charge in [0.05, 0.1) is 5.69 Å². The van der Waals surface area contributed by atoms with E-state index in [1.54, 1.807) is 0 Å². The van der Waals surface area contributed by atoms with E-state index in [4.69, 9.17) is 0 Å². The summed E-state index contributed by atoms with van der Waals surface area (Å²) in [6, 6.07) is 0. The third-order valence-corrected chi connectivity index (χ3v) is 2.05. The number of carbonyl (C=O) groups is 1. The molecule has 1 aromatic heterocycles. The number of aromatic nitrogens is 2. The van der Waals surface area contributed by atoms with E-state index in [1.165, 1.54) is 0 Å². The number of nitrogens with zero attached hydrogens (tertiary/aromatic N) is 1. The van der Waals surface area contributed by atoms with Crippen LogP contribution in [-0.2, 0) is 11.2 Å². The summed E-state index contributed by atoms with van der Waals surface area (Å²) >= 11 is 0. The maximum Gasteiger partial charge on any atom is 0.137 e. The average molecular weight is 166 g/mol. The molecular formula is C9H14N2O. The van der Waals surface area contributed by atoms with Crippen LogP contribution in [0.25, 0.3) is 0 Å². The van der Waals surface area contributed by atoms with E-state index in [1.807, 2.05) is 20.8 Å². The number of Topliss-reactive ketones (excluding diaryl/α,β-unsaturated/α-hetero) is 1. The summed E-state index contributed by atoms with van der Waals surface area (Å²) in [4.78, 5) is 11.1. The first-order chi connectivity index (χ1) is 5.65. The first-order valence-electron chi connectivity index (χ1n) is 4.17. The molecule has 0 fully saturated rings. The minimum Gasteiger partial charge on any atom is -0.299 e. The van der Waals surface area contributed by atoms with Gasteiger partial charge in [0.15, 0.2) is 0 Å². The third kappa shape index (κ3) is 1.72. The standard InChI is InChI=1S/C9H14N2O/c1-4-8(12)5-9-6(2)10-11-7(9)3/h4-5H2,1-3H3,(H,10,11). The molecule has 0 saturated heterocycles. The van der Waals surface area contributed by atoms with E-state index in [0.29, 0.717) is 12.8 Å². The number of H-pyrrole nitrogens is 1. The van der Waals surface area contributed by atoms with Crippen molar-refractivity contribution in [2.24, 2.45) is 0 Å². The minimum absolute atomic E-state index is 0.266. The maximum atomic E-state index is 11.1. The van der Waals surface area contributed by atoms with Gasteiger partial charge in [-0.05, 0) is 13.8 Å². The molecule has 1 heterocycles. The number of hydrogen-bond donors (Lipinski definition) is 1. The lowest BCUT2D eigenvalue weighted by atomic mass is 10.1. The van der Waals surface area contributed by atoms with E-state index in [0.717, 1.165) is 17.0 Å². The van der Waals surface area contributed by atoms with Gasteiger partial charge in [-0.2, -0.15) is 5.10 Å². The fourth-order valence-electron chi connectivity index (χ4n) is 1.16. The Morgan fingerprint density at radius 2 is 2.17 bits per heavy atom. The molecule has 3 heteroatoms. The lowest BCUT2D eigenvalue weighted by Crippen LogP contribution is -2.02. The number of nitrogens with one attached hydrogen (secondary N) is 1. The van der Waals surface area contributed by atoms with Crippen molar-refractivity contribution in [3.63, 3.8) is 0 Å². The van der Waals surface area contributed by atoms with E-state index in [9.17, 15) is 4.79 Å². The zero-order chi connectivity index (χ0) is 9.14. The van der Waals surface area contributed by atoms with Gasteiger partial charge < -0.3 is 0 Å². The number of carbonyl (C=O) groups excluding carboxylic acids is 1. The quantitative estimate of drug-likeness (QED) is 0.740. The van der Waals surface area contributed by atoms with Crippen LogP contribution in [0.15, 0.2) is 0 Å². The van der Waals surface area contributed by atoms with Crippen molar-refractivity contribution in [3.05, 3.63) is 17.0 Å². The lowest BCUT2D eigenvalue weighted by Gasteiger charge is -1.97. The van der Waals surface area contributed by atoms with Gasteiger partial charge in [0, 0.05) is 24.1 Å². The van der Waals surface area contributed by atoms with Crippen LogP contribution in [0.4, 0.5) is 0 Å². The molecule has 0 spiro atoms. The van der Waals surface area contributed by atoms with Crippen molar-refractivity contribution in [1.29, 1.82) is 0 Å². The molecule has 1 aromatic rings. The summed E-state index contributed by atoms with van der Waals surface area (Å²) in [6.45, 7) is 5.74. The molecule has 0 atom stereocenters. The van der Waals surface area contributed by atoms with Gasteiger partial charge in [-0.15, -0.1) is 0 Å². The van der Waals surface area contributed by atoms with Gasteiger partial charge in [-0.1, -0.05) is 6.92 Å². The Morgan fingerprint density at radius 3 is 2.58 bits per heavy atom. The molecule has 0 aliphatic rings. The van der Waals surface area contributed by atoms with Crippen molar-refractivity contribution in [3.8, 4) is 0 Å². The van der Waals surface area contributed by atoms with Gasteiger partial charge in [-0.25, -0.2) is 0 Å². The van der Waals surface area contributed by atoms with Crippen molar-refractivity contribution >= 4 is 5.78 Å². The number of aryl methyl sites for hydroxylation is 2. The first kappa shape index (κ1) is 8.97. The molecule has 66 valence electrons. The third-order valence-electron chi connectivity index (χ3n) is 2.05. The zero-order valence-electron chi connectivity index (χ0n) is 7.77. The Morgan fingerprint density at radius 1 is 1.50 bits per heavy atom. The van der Waals surface area contributed by atoms with Gasteiger partial charge >= 0.3 is 0 Å². The van der Waals surface area contributed by atoms with E-state index in [-0.39, 0.29) is 5.78 Å². The van der Waals surface area contributed by atoms with Gasteiger partial charge in [0.1, 0.15) is 5.78 Å². The summed E-state index contributed by atoms with van der Waals surface area (Å²) < 4.78 is 0. The van der Waals surface area contributed by atoms with Crippen LogP contribution in [0, 0.1) is 13.8 Å². The maximum absolute atomic E-state index is 11.1. The van der Waals surface area contributed by atoms with Gasteiger partial charge in [-0.3, -0.25) is 9.89 Å². The van der Waals surface area contributed by atoms with Crippen LogP contribution < -0.4 is 0 Å². The molecule has 1 rings (SSSR count). The molecule has 0 bridgehead atoms. The van der Waals surface area contributed by atoms with Crippen LogP contribution >= 0.6 is 0 Å². The molecule has 0 amide bonds. The Kier molecular flexibility index (Phi) is 2.63. The number of rotatable bonds is 3. The minimum atomic E-state index is 0.266. The monoisotopic (exact) mass is 166 g/mol. The molecule has 0 aromatic carbocycles. The first-order valence-corrected chi connectivity index (χ1v) is 4.17. The molecular weight excluding hydrogens is 152 g/mol. The molecule has 0 aliphatic heterocycles. The van der Waals surface area contributed by atoms with E-state index >= 15 is 0 Å². The van der Waals surface area contributed by atoms with Crippen LogP contribution in [0.1, 0.15) is 30.3 Å². The van der Waals surface area contributed by atoms with Gasteiger partial charge in [0.2, 0.25) is 0 Å². The molecule has 0 radical (unpaired) electrons. The average Bonchev–Trinajstić information content (AvgIpc) is 2.35. The fourth-order valence-corrected chi connectivity index (χ4v) is 1.16. The van der Waals surface area contributed by atoms with Crippen molar-refractivity contribution in [2.45, 2.75) is 33.6 Å². The van der Waals surface area contributed by atoms with Crippen LogP contribution in [0.5, 0.6) is 0 Å². The molecule has 0 unspecified atom stereocenters. The Balaban J connectivity index is 2.80. The topological polar surface area (TPSA) is 45.8 Å². The smallest absolute Gasteiger partial charge is 0.137 e. The highest BCUT2D eigenvalue weighted by Gasteiger charge is 2.09. The zero-order valence-corrected chi connectivity index (χ0v) is 7.77. The second kappa shape index (κ2) is 3.52. The second-order valence-corrected chi connectivity index (χ2v) is 2.98. The van der Waals surface area contributed by atoms with Crippen molar-refractivity contribution < 1.29 is 4.79 Å². The highest BCUT2D eigenvalue weighted by Crippen LogP contribution is 2.10. The predicted octanol–water partition coefficient (Wildman–Crippen LogP) is 1.55.